The Morgan fingerprint density at radius 3 is 2.00 bits per heavy atom. The van der Waals surface area contributed by atoms with Gasteiger partial charge in [0.15, 0.2) is 0 Å². The summed E-state index contributed by atoms with van der Waals surface area (Å²) < 4.78 is 20.4. The van der Waals surface area contributed by atoms with Crippen LogP contribution in [0.15, 0.2) is 29.2 Å². The van der Waals surface area contributed by atoms with Gasteiger partial charge in [-0.15, -0.1) is 10.7 Å². The number of hydrogen-bond acceptors (Lipinski definition) is 3. The fraction of sp³-hybridized carbons (Fsp3) is 0.222. The SMILES string of the molecule is CC.O=[S-](=O)c1c[c-]ccc1.[CH3-].[W].[Y]. The molecule has 14 heavy (non-hydrogen) atoms. The van der Waals surface area contributed by atoms with Gasteiger partial charge in [0.1, 0.15) is 0 Å². The maximum Gasteiger partial charge on any atom is 0 e. The van der Waals surface area contributed by atoms with Gasteiger partial charge in [0.2, 0.25) is 0 Å². The quantitative estimate of drug-likeness (QED) is 0.480. The fourth-order valence-electron chi connectivity index (χ4n) is 0.481. The first-order valence-corrected chi connectivity index (χ1v) is 4.43. The Labute approximate surface area is 128 Å². The van der Waals surface area contributed by atoms with Crippen LogP contribution in [0.25, 0.3) is 0 Å². The molecule has 2 nitrogen and oxygen atoms in total. The number of rotatable bonds is 1. The van der Waals surface area contributed by atoms with Crippen molar-refractivity contribution in [1.82, 2.24) is 0 Å². The zero-order valence-electron chi connectivity index (χ0n) is 8.52. The smallest absolute Gasteiger partial charge is 0 e. The molecule has 1 aromatic carbocycles. The third-order valence-corrected chi connectivity index (χ3v) is 1.51. The monoisotopic (exact) mass is 458 g/mol. The molecule has 0 aromatic heterocycles. The first-order chi connectivity index (χ1) is 5.30. The molecule has 0 fully saturated rings. The van der Waals surface area contributed by atoms with E-state index < -0.39 is 10.7 Å². The molecule has 0 saturated carbocycles. The fourth-order valence-corrected chi connectivity index (χ4v) is 0.834. The van der Waals surface area contributed by atoms with E-state index in [2.05, 4.69) is 6.07 Å². The van der Waals surface area contributed by atoms with Gasteiger partial charge in [-0.25, -0.2) is 0 Å². The summed E-state index contributed by atoms with van der Waals surface area (Å²) in [4.78, 5) is 0.275. The van der Waals surface area contributed by atoms with Crippen LogP contribution >= 0.6 is 0 Å². The molecule has 0 saturated heterocycles. The van der Waals surface area contributed by atoms with Gasteiger partial charge < -0.3 is 15.8 Å². The van der Waals surface area contributed by atoms with Gasteiger partial charge >= 0.3 is 0 Å². The minimum Gasteiger partial charge on any atom is -0.432 e. The summed E-state index contributed by atoms with van der Waals surface area (Å²) in [5.74, 6) is 0. The normalized spacial score (nSPS) is 6.79. The molecule has 0 bridgehead atoms. The average Bonchev–Trinajstić information content (AvgIpc) is 2.10. The third-order valence-electron chi connectivity index (χ3n) is 0.871. The van der Waals surface area contributed by atoms with Crippen LogP contribution in [-0.4, -0.2) is 0 Å². The molecule has 0 heterocycles. The molecule has 79 valence electrons. The summed E-state index contributed by atoms with van der Waals surface area (Å²) in [5, 5.41) is 0. The summed E-state index contributed by atoms with van der Waals surface area (Å²) in [6.07, 6.45) is 0. The summed E-state index contributed by atoms with van der Waals surface area (Å²) in [7, 11) is -2.11. The van der Waals surface area contributed by atoms with Crippen LogP contribution in [0.1, 0.15) is 13.8 Å². The molecule has 0 atom stereocenters. The Bertz CT molecular complexity index is 255. The molecule has 0 spiro atoms. The van der Waals surface area contributed by atoms with Gasteiger partial charge in [0.05, 0.1) is 0 Å². The Kier molecular flexibility index (Phi) is 28.4. The largest absolute Gasteiger partial charge is 0.432 e. The Balaban J connectivity index is -0.0000000942. The second kappa shape index (κ2) is 16.4. The van der Waals surface area contributed by atoms with E-state index in [9.17, 15) is 8.42 Å². The molecule has 1 aromatic rings. The van der Waals surface area contributed by atoms with Crippen molar-refractivity contribution in [3.8, 4) is 0 Å². The molecule has 0 aliphatic rings. The molecule has 0 aliphatic carbocycles. The van der Waals surface area contributed by atoms with Crippen molar-refractivity contribution in [2.24, 2.45) is 0 Å². The van der Waals surface area contributed by atoms with Crippen LogP contribution in [0.4, 0.5) is 0 Å². The van der Waals surface area contributed by atoms with Gasteiger partial charge in [0.25, 0.3) is 0 Å². The maximum absolute atomic E-state index is 10.2. The van der Waals surface area contributed by atoms with E-state index in [1.807, 2.05) is 13.8 Å². The minimum atomic E-state index is -2.11. The van der Waals surface area contributed by atoms with Crippen LogP contribution in [-0.2, 0) is 72.9 Å². The Hall–Kier alpha value is 0.962. The van der Waals surface area contributed by atoms with E-state index in [4.69, 9.17) is 0 Å². The van der Waals surface area contributed by atoms with E-state index in [-0.39, 0.29) is 66.1 Å². The van der Waals surface area contributed by atoms with E-state index in [0.717, 1.165) is 0 Å². The van der Waals surface area contributed by atoms with Crippen LogP contribution in [0.2, 0.25) is 0 Å². The molecule has 0 N–H and O–H groups in total. The zero-order valence-corrected chi connectivity index (χ0v) is 15.1. The van der Waals surface area contributed by atoms with Crippen molar-refractivity contribution in [3.05, 3.63) is 37.8 Å². The first-order valence-electron chi connectivity index (χ1n) is 3.36. The molecular weight excluding hydrogens is 445 g/mol. The van der Waals surface area contributed by atoms with Gasteiger partial charge in [-0.3, -0.25) is 0 Å². The topological polar surface area (TPSA) is 34.1 Å². The van der Waals surface area contributed by atoms with Crippen molar-refractivity contribution in [2.75, 3.05) is 0 Å². The predicted octanol–water partition coefficient (Wildman–Crippen LogP) is 2.63. The van der Waals surface area contributed by atoms with Crippen LogP contribution in [0.3, 0.4) is 0 Å². The molecule has 5 heteroatoms. The van der Waals surface area contributed by atoms with Gasteiger partial charge in [-0.2, -0.15) is 35.2 Å². The second-order valence-electron chi connectivity index (χ2n) is 1.47. The van der Waals surface area contributed by atoms with Crippen molar-refractivity contribution >= 4 is 10.7 Å². The zero-order chi connectivity index (χ0) is 8.69. The van der Waals surface area contributed by atoms with Crippen molar-refractivity contribution in [2.45, 2.75) is 18.7 Å². The van der Waals surface area contributed by atoms with Crippen molar-refractivity contribution in [3.63, 3.8) is 0 Å². The molecule has 0 unspecified atom stereocenters. The van der Waals surface area contributed by atoms with Crippen LogP contribution in [0, 0.1) is 13.5 Å². The van der Waals surface area contributed by atoms with Gasteiger partial charge in [0, 0.05) is 53.8 Å². The predicted molar refractivity (Wildman–Crippen MR) is 50.0 cm³/mol. The Morgan fingerprint density at radius 2 is 1.79 bits per heavy atom. The van der Waals surface area contributed by atoms with Crippen LogP contribution < -0.4 is 0 Å². The Morgan fingerprint density at radius 1 is 1.29 bits per heavy atom. The van der Waals surface area contributed by atoms with E-state index in [0.29, 0.717) is 0 Å². The van der Waals surface area contributed by atoms with E-state index in [1.54, 1.807) is 12.1 Å². The summed E-state index contributed by atoms with van der Waals surface area (Å²) in [6.45, 7) is 4.00. The molecule has 1 radical (unpaired) electrons. The average molecular weight is 458 g/mol. The maximum atomic E-state index is 10.2. The number of hydrogen-bond donors (Lipinski definition) is 0. The molecular formula is C9H13O2SWY-3. The summed E-state index contributed by atoms with van der Waals surface area (Å²) in [6, 6.07) is 8.86. The molecule has 0 aliphatic heterocycles. The summed E-state index contributed by atoms with van der Waals surface area (Å²) >= 11 is 0. The standard InChI is InChI=1S/C6H4O2S.C2H6.CH3.W.Y/c7-9(8)6-4-2-1-3-5-6;1-2;;;/h1-2,4-5H;1-2H3;1H3;;/q-2;;-1;;. The molecule has 1 rings (SSSR count). The van der Waals surface area contributed by atoms with E-state index >= 15 is 0 Å². The first kappa shape index (κ1) is 24.3. The van der Waals surface area contributed by atoms with Gasteiger partial charge in [-0.1, -0.05) is 13.8 Å². The second-order valence-corrected chi connectivity index (χ2v) is 2.41. The molecule has 0 amide bonds. The van der Waals surface area contributed by atoms with Crippen LogP contribution in [0.5, 0.6) is 0 Å². The van der Waals surface area contributed by atoms with Gasteiger partial charge in [-0.05, 0) is 0 Å². The van der Waals surface area contributed by atoms with Crippen molar-refractivity contribution in [1.29, 1.82) is 0 Å². The number of benzene rings is 1. The third kappa shape index (κ3) is 11.0. The van der Waals surface area contributed by atoms with Crippen molar-refractivity contribution < 1.29 is 62.2 Å². The summed E-state index contributed by atoms with van der Waals surface area (Å²) in [5.41, 5.74) is 0. The minimum absolute atomic E-state index is 0. The van der Waals surface area contributed by atoms with E-state index in [1.165, 1.54) is 12.1 Å².